The van der Waals surface area contributed by atoms with Crippen LogP contribution in [0.15, 0.2) is 48.5 Å². The molecule has 2 unspecified atom stereocenters. The van der Waals surface area contributed by atoms with Gasteiger partial charge in [-0.05, 0) is 43.0 Å². The average molecular weight is 525 g/mol. The molecule has 1 fully saturated rings. The highest BCUT2D eigenvalue weighted by Crippen LogP contribution is 2.37. The van der Waals surface area contributed by atoms with E-state index in [1.54, 1.807) is 30.3 Å². The van der Waals surface area contributed by atoms with Gasteiger partial charge in [-0.3, -0.25) is 9.59 Å². The number of nitrogens with zero attached hydrogens (tertiary/aromatic N) is 1. The topological polar surface area (TPSA) is 58.6 Å². The Balaban J connectivity index is 0.00000432. The number of benzene rings is 2. The lowest BCUT2D eigenvalue weighted by molar-refractivity contribution is -0.151. The summed E-state index contributed by atoms with van der Waals surface area (Å²) >= 11 is 0. The van der Waals surface area contributed by atoms with Crippen LogP contribution in [-0.4, -0.2) is 35.4 Å². The van der Waals surface area contributed by atoms with Gasteiger partial charge in [0.2, 0.25) is 0 Å². The van der Waals surface area contributed by atoms with Gasteiger partial charge in [-0.1, -0.05) is 30.3 Å². The fourth-order valence-electron chi connectivity index (χ4n) is 3.92. The van der Waals surface area contributed by atoms with Crippen LogP contribution >= 0.6 is 12.4 Å². The van der Waals surface area contributed by atoms with E-state index in [0.29, 0.717) is 18.6 Å². The van der Waals surface area contributed by atoms with Gasteiger partial charge in [-0.25, -0.2) is 0 Å². The first-order valence-electron chi connectivity index (χ1n) is 10.4. The van der Waals surface area contributed by atoms with Gasteiger partial charge in [0.05, 0.1) is 11.1 Å². The highest BCUT2D eigenvalue weighted by molar-refractivity contribution is 5.95. The van der Waals surface area contributed by atoms with Crippen LogP contribution in [0.25, 0.3) is 0 Å². The first-order valence-corrected chi connectivity index (χ1v) is 10.4. The highest BCUT2D eigenvalue weighted by atomic mass is 35.5. The van der Waals surface area contributed by atoms with Crippen molar-refractivity contribution in [2.75, 3.05) is 6.54 Å². The van der Waals surface area contributed by atoms with Gasteiger partial charge < -0.3 is 9.74 Å². The van der Waals surface area contributed by atoms with Gasteiger partial charge in [-0.2, -0.15) is 26.3 Å². The summed E-state index contributed by atoms with van der Waals surface area (Å²) in [6.45, 7) is 1.26. The third-order valence-electron chi connectivity index (χ3n) is 5.49. The molecule has 2 aromatic carbocycles. The quantitative estimate of drug-likeness (QED) is 0.419. The summed E-state index contributed by atoms with van der Waals surface area (Å²) in [4.78, 5) is 30.4. The van der Waals surface area contributed by atoms with Crippen LogP contribution in [0.5, 0.6) is 0 Å². The number of likely N-dealkylation sites (tertiary alicyclic amines) is 1. The number of hydrogen-bond donors (Lipinski definition) is 1. The molecule has 0 bridgehead atoms. The van der Waals surface area contributed by atoms with Gasteiger partial charge in [-0.15, -0.1) is 17.9 Å². The minimum Gasteiger partial charge on any atom is -0.371 e. The maximum Gasteiger partial charge on any atom is 0.416 e. The van der Waals surface area contributed by atoms with Crippen molar-refractivity contribution in [3.63, 3.8) is 0 Å². The molecule has 192 valence electrons. The number of rotatable bonds is 5. The molecule has 12 heteroatoms. The van der Waals surface area contributed by atoms with E-state index >= 15 is 0 Å². The van der Waals surface area contributed by atoms with Crippen LogP contribution in [0.3, 0.4) is 0 Å². The van der Waals surface area contributed by atoms with Gasteiger partial charge in [0.25, 0.3) is 5.91 Å². The van der Waals surface area contributed by atoms with Crippen LogP contribution in [0.1, 0.15) is 46.8 Å². The summed E-state index contributed by atoms with van der Waals surface area (Å²) in [6, 6.07) is 8.95. The molecule has 0 radical (unpaired) electrons. The smallest absolute Gasteiger partial charge is 0.371 e. The Kier molecular flexibility index (Phi) is 9.18. The maximum atomic E-state index is 13.3. The molecule has 1 saturated heterocycles. The Labute approximate surface area is 203 Å². The zero-order valence-corrected chi connectivity index (χ0v) is 19.3. The van der Waals surface area contributed by atoms with Crippen molar-refractivity contribution in [1.29, 1.82) is 0 Å². The van der Waals surface area contributed by atoms with E-state index in [-0.39, 0.29) is 43.9 Å². The molecule has 1 heterocycles. The second kappa shape index (κ2) is 11.3. The standard InChI is InChI=1S/C23H22F6N2O3.ClH/c1-14(32)34-30-19-7-8-31(20(13-19)9-15-5-3-2-4-6-15)21(33)16-10-17(22(24,25)26)12-18(11-16)23(27,28)29;/h2-6,10-12,19-20,30H,7-9,13H2,1H3;1H. The van der Waals surface area contributed by atoms with E-state index in [9.17, 15) is 35.9 Å². The summed E-state index contributed by atoms with van der Waals surface area (Å²) in [6.07, 6.45) is -9.23. The van der Waals surface area contributed by atoms with Crippen molar-refractivity contribution >= 4 is 24.3 Å². The number of alkyl halides is 6. The lowest BCUT2D eigenvalue weighted by Gasteiger charge is -2.39. The number of hydrogen-bond acceptors (Lipinski definition) is 4. The van der Waals surface area contributed by atoms with Crippen LogP contribution in [0.4, 0.5) is 26.3 Å². The minimum atomic E-state index is -5.05. The van der Waals surface area contributed by atoms with Crippen molar-refractivity contribution in [3.05, 3.63) is 70.8 Å². The summed E-state index contributed by atoms with van der Waals surface area (Å²) < 4.78 is 79.6. The molecule has 1 N–H and O–H groups in total. The molecule has 5 nitrogen and oxygen atoms in total. The zero-order valence-electron chi connectivity index (χ0n) is 18.4. The van der Waals surface area contributed by atoms with Crippen molar-refractivity contribution in [3.8, 4) is 0 Å². The van der Waals surface area contributed by atoms with Crippen LogP contribution in [0.2, 0.25) is 0 Å². The minimum absolute atomic E-state index is 0. The highest BCUT2D eigenvalue weighted by Gasteiger charge is 2.39. The van der Waals surface area contributed by atoms with Crippen molar-refractivity contribution in [2.24, 2.45) is 0 Å². The number of carbonyl (C=O) groups excluding carboxylic acids is 2. The third-order valence-corrected chi connectivity index (χ3v) is 5.49. The number of carbonyl (C=O) groups is 2. The van der Waals surface area contributed by atoms with Crippen molar-refractivity contribution in [2.45, 2.75) is 50.6 Å². The van der Waals surface area contributed by atoms with Gasteiger partial charge in [0.15, 0.2) is 0 Å². The molecule has 0 saturated carbocycles. The predicted molar refractivity (Wildman–Crippen MR) is 117 cm³/mol. The molecule has 1 aliphatic heterocycles. The molecule has 0 aliphatic carbocycles. The number of hydroxylamine groups is 1. The summed E-state index contributed by atoms with van der Waals surface area (Å²) in [7, 11) is 0. The third kappa shape index (κ3) is 7.60. The van der Waals surface area contributed by atoms with Gasteiger partial charge in [0, 0.05) is 31.1 Å². The van der Waals surface area contributed by atoms with Crippen LogP contribution in [0, 0.1) is 0 Å². The van der Waals surface area contributed by atoms with E-state index in [1.165, 1.54) is 11.8 Å². The average Bonchev–Trinajstić information content (AvgIpc) is 2.76. The Morgan fingerprint density at radius 2 is 1.57 bits per heavy atom. The lowest BCUT2D eigenvalue weighted by Crippen LogP contribution is -2.52. The molecule has 0 aromatic heterocycles. The largest absolute Gasteiger partial charge is 0.416 e. The Morgan fingerprint density at radius 1 is 1.00 bits per heavy atom. The van der Waals surface area contributed by atoms with E-state index in [2.05, 4.69) is 5.48 Å². The first-order chi connectivity index (χ1) is 15.8. The normalized spacial score (nSPS) is 18.5. The Bertz CT molecular complexity index is 998. The molecule has 1 aliphatic rings. The molecular weight excluding hydrogens is 502 g/mol. The van der Waals surface area contributed by atoms with Gasteiger partial charge >= 0.3 is 18.3 Å². The zero-order chi connectivity index (χ0) is 25.1. The predicted octanol–water partition coefficient (Wildman–Crippen LogP) is 5.43. The maximum absolute atomic E-state index is 13.3. The molecular formula is C23H23ClF6N2O3. The lowest BCUT2D eigenvalue weighted by atomic mass is 9.91. The van der Waals surface area contributed by atoms with E-state index in [1.807, 2.05) is 0 Å². The van der Waals surface area contributed by atoms with Crippen molar-refractivity contribution < 1.29 is 40.8 Å². The van der Waals surface area contributed by atoms with Crippen LogP contribution < -0.4 is 5.48 Å². The van der Waals surface area contributed by atoms with Crippen molar-refractivity contribution in [1.82, 2.24) is 10.4 Å². The monoisotopic (exact) mass is 524 g/mol. The molecule has 2 atom stereocenters. The fourth-order valence-corrected chi connectivity index (χ4v) is 3.92. The van der Waals surface area contributed by atoms with E-state index < -0.39 is 47.0 Å². The van der Waals surface area contributed by atoms with E-state index in [0.717, 1.165) is 5.56 Å². The van der Waals surface area contributed by atoms with Crippen LogP contribution in [-0.2, 0) is 28.4 Å². The molecule has 3 rings (SSSR count). The fraction of sp³-hybridized carbons (Fsp3) is 0.391. The molecule has 1 amide bonds. The molecule has 35 heavy (non-hydrogen) atoms. The van der Waals surface area contributed by atoms with Gasteiger partial charge in [0.1, 0.15) is 0 Å². The van der Waals surface area contributed by atoms with E-state index in [4.69, 9.17) is 4.84 Å². The number of nitrogens with one attached hydrogen (secondary N) is 1. The summed E-state index contributed by atoms with van der Waals surface area (Å²) in [5.74, 6) is -1.50. The second-order valence-corrected chi connectivity index (χ2v) is 8.07. The Morgan fingerprint density at radius 3 is 2.09 bits per heavy atom. The summed E-state index contributed by atoms with van der Waals surface area (Å²) in [5, 5.41) is 0. The Hall–Kier alpha value is -2.79. The SMILES string of the molecule is CC(=O)ONC1CCN(C(=O)c2cc(C(F)(F)F)cc(C(F)(F)F)c2)C(Cc2ccccc2)C1.Cl. The summed E-state index contributed by atoms with van der Waals surface area (Å²) in [5.41, 5.74) is -0.337. The molecule has 0 spiro atoms. The number of amides is 1. The molecule has 2 aromatic rings. The number of halogens is 7. The first kappa shape index (κ1) is 28.4. The second-order valence-electron chi connectivity index (χ2n) is 8.07. The number of piperidine rings is 1.